The summed E-state index contributed by atoms with van der Waals surface area (Å²) in [6.45, 7) is 5.60. The molecule has 0 aromatic carbocycles. The fourth-order valence-electron chi connectivity index (χ4n) is 2.12. The summed E-state index contributed by atoms with van der Waals surface area (Å²) < 4.78 is 0. The lowest BCUT2D eigenvalue weighted by Gasteiger charge is -2.06. The van der Waals surface area contributed by atoms with Gasteiger partial charge in [-0.25, -0.2) is 0 Å². The summed E-state index contributed by atoms with van der Waals surface area (Å²) in [5.74, 6) is -2.43. The van der Waals surface area contributed by atoms with E-state index in [0.29, 0.717) is 13.1 Å². The maximum atomic E-state index is 11.7. The Labute approximate surface area is 99.8 Å². The van der Waals surface area contributed by atoms with Crippen LogP contribution in [0.2, 0.25) is 0 Å². The molecule has 0 heterocycles. The van der Waals surface area contributed by atoms with Gasteiger partial charge in [0.25, 0.3) is 0 Å². The molecule has 0 aromatic heterocycles. The molecule has 3 N–H and O–H groups in total. The van der Waals surface area contributed by atoms with Crippen LogP contribution in [0, 0.1) is 17.3 Å². The van der Waals surface area contributed by atoms with Gasteiger partial charge in [-0.05, 0) is 5.41 Å². The molecule has 1 aliphatic carbocycles. The first-order valence-electron chi connectivity index (χ1n) is 5.53. The average molecular weight is 242 g/mol. The summed E-state index contributed by atoms with van der Waals surface area (Å²) in [4.78, 5) is 33.1. The van der Waals surface area contributed by atoms with E-state index < -0.39 is 23.2 Å². The molecule has 0 radical (unpaired) electrons. The zero-order chi connectivity index (χ0) is 13.2. The predicted molar refractivity (Wildman–Crippen MR) is 60.1 cm³/mol. The largest absolute Gasteiger partial charge is 0.481 e. The number of hydrogen-bond acceptors (Lipinski definition) is 3. The van der Waals surface area contributed by atoms with Crippen LogP contribution in [-0.4, -0.2) is 36.0 Å². The normalized spacial score (nSPS) is 24.9. The highest BCUT2D eigenvalue weighted by Gasteiger charge is 2.65. The van der Waals surface area contributed by atoms with Gasteiger partial charge in [-0.2, -0.15) is 0 Å². The standard InChI is InChI=1S/C11H18N2O4/c1-6(14)12-4-5-13-9(15)7-8(10(16)17)11(7,2)3/h7-8H,4-5H2,1-3H3,(H,12,14)(H,13,15)(H,16,17)/t7-,8+/m1/s1. The highest BCUT2D eigenvalue weighted by molar-refractivity contribution is 5.91. The second kappa shape index (κ2) is 4.73. The number of carbonyl (C=O) groups excluding carboxylic acids is 2. The number of nitrogens with one attached hydrogen (secondary N) is 2. The molecule has 0 aromatic rings. The van der Waals surface area contributed by atoms with Crippen LogP contribution in [0.3, 0.4) is 0 Å². The van der Waals surface area contributed by atoms with Crippen LogP contribution in [0.1, 0.15) is 20.8 Å². The maximum absolute atomic E-state index is 11.7. The van der Waals surface area contributed by atoms with Gasteiger partial charge in [0, 0.05) is 20.0 Å². The van der Waals surface area contributed by atoms with Crippen LogP contribution in [0.5, 0.6) is 0 Å². The molecular formula is C11H18N2O4. The van der Waals surface area contributed by atoms with Crippen molar-refractivity contribution in [3.05, 3.63) is 0 Å². The SMILES string of the molecule is CC(=O)NCCNC(=O)[C@H]1[C@@H](C(=O)O)C1(C)C. The van der Waals surface area contributed by atoms with E-state index in [1.807, 2.05) is 0 Å². The zero-order valence-corrected chi connectivity index (χ0v) is 10.2. The molecule has 0 bridgehead atoms. The lowest BCUT2D eigenvalue weighted by molar-refractivity contribution is -0.140. The molecule has 2 amide bonds. The Morgan fingerprint density at radius 1 is 1.12 bits per heavy atom. The van der Waals surface area contributed by atoms with Crippen molar-refractivity contribution >= 4 is 17.8 Å². The number of carbonyl (C=O) groups is 3. The second-order valence-corrected chi connectivity index (χ2v) is 4.89. The van der Waals surface area contributed by atoms with Crippen molar-refractivity contribution in [1.82, 2.24) is 10.6 Å². The molecule has 96 valence electrons. The molecule has 1 saturated carbocycles. The molecule has 6 heteroatoms. The number of amides is 2. The van der Waals surface area contributed by atoms with E-state index in [0.717, 1.165) is 0 Å². The molecule has 0 aliphatic heterocycles. The van der Waals surface area contributed by atoms with Gasteiger partial charge in [-0.1, -0.05) is 13.8 Å². The first kappa shape index (κ1) is 13.5. The summed E-state index contributed by atoms with van der Waals surface area (Å²) in [6, 6.07) is 0. The summed E-state index contributed by atoms with van der Waals surface area (Å²) in [5.41, 5.74) is -0.482. The topological polar surface area (TPSA) is 95.5 Å². The summed E-state index contributed by atoms with van der Waals surface area (Å²) in [6.07, 6.45) is 0. The maximum Gasteiger partial charge on any atom is 0.307 e. The van der Waals surface area contributed by atoms with Crippen molar-refractivity contribution in [1.29, 1.82) is 0 Å². The lowest BCUT2D eigenvalue weighted by atomic mass is 10.1. The monoisotopic (exact) mass is 242 g/mol. The van der Waals surface area contributed by atoms with Gasteiger partial charge in [-0.3, -0.25) is 14.4 Å². The third-order valence-corrected chi connectivity index (χ3v) is 3.17. The Kier molecular flexibility index (Phi) is 3.75. The van der Waals surface area contributed by atoms with Crippen LogP contribution in [0.25, 0.3) is 0 Å². The third kappa shape index (κ3) is 2.95. The molecule has 0 spiro atoms. The van der Waals surface area contributed by atoms with Gasteiger partial charge in [0.15, 0.2) is 0 Å². The van der Waals surface area contributed by atoms with E-state index in [2.05, 4.69) is 10.6 Å². The molecule has 1 fully saturated rings. The Balaban J connectivity index is 2.35. The summed E-state index contributed by atoms with van der Waals surface area (Å²) in [5, 5.41) is 14.1. The first-order valence-corrected chi connectivity index (χ1v) is 5.53. The van der Waals surface area contributed by atoms with Gasteiger partial charge < -0.3 is 15.7 Å². The van der Waals surface area contributed by atoms with Crippen molar-refractivity contribution in [2.24, 2.45) is 17.3 Å². The van der Waals surface area contributed by atoms with Crippen molar-refractivity contribution in [2.75, 3.05) is 13.1 Å². The molecule has 0 unspecified atom stereocenters. The molecule has 1 aliphatic rings. The molecule has 2 atom stereocenters. The van der Waals surface area contributed by atoms with E-state index in [9.17, 15) is 14.4 Å². The van der Waals surface area contributed by atoms with Gasteiger partial charge in [-0.15, -0.1) is 0 Å². The molecular weight excluding hydrogens is 224 g/mol. The van der Waals surface area contributed by atoms with Crippen molar-refractivity contribution in [3.8, 4) is 0 Å². The van der Waals surface area contributed by atoms with Crippen LogP contribution < -0.4 is 10.6 Å². The zero-order valence-electron chi connectivity index (χ0n) is 10.2. The third-order valence-electron chi connectivity index (χ3n) is 3.17. The van der Waals surface area contributed by atoms with Crippen LogP contribution in [-0.2, 0) is 14.4 Å². The minimum atomic E-state index is -0.933. The number of hydrogen-bond donors (Lipinski definition) is 3. The highest BCUT2D eigenvalue weighted by atomic mass is 16.4. The van der Waals surface area contributed by atoms with Crippen molar-refractivity contribution in [2.45, 2.75) is 20.8 Å². The van der Waals surface area contributed by atoms with E-state index in [1.54, 1.807) is 13.8 Å². The fraction of sp³-hybridized carbons (Fsp3) is 0.727. The summed E-state index contributed by atoms with van der Waals surface area (Å²) >= 11 is 0. The van der Waals surface area contributed by atoms with Crippen LogP contribution in [0.15, 0.2) is 0 Å². The Morgan fingerprint density at radius 2 is 1.65 bits per heavy atom. The quantitative estimate of drug-likeness (QED) is 0.571. The summed E-state index contributed by atoms with van der Waals surface area (Å²) in [7, 11) is 0. The van der Waals surface area contributed by atoms with Crippen LogP contribution in [0.4, 0.5) is 0 Å². The van der Waals surface area contributed by atoms with Gasteiger partial charge >= 0.3 is 5.97 Å². The smallest absolute Gasteiger partial charge is 0.307 e. The lowest BCUT2D eigenvalue weighted by Crippen LogP contribution is -2.35. The number of aliphatic carboxylic acids is 1. The van der Waals surface area contributed by atoms with E-state index in [-0.39, 0.29) is 11.8 Å². The Bertz CT molecular complexity index is 351. The van der Waals surface area contributed by atoms with Crippen molar-refractivity contribution in [3.63, 3.8) is 0 Å². The number of carboxylic acid groups (broad SMARTS) is 1. The van der Waals surface area contributed by atoms with Gasteiger partial charge in [0.1, 0.15) is 0 Å². The van der Waals surface area contributed by atoms with Gasteiger partial charge in [0.05, 0.1) is 11.8 Å². The number of carboxylic acids is 1. The van der Waals surface area contributed by atoms with Gasteiger partial charge in [0.2, 0.25) is 11.8 Å². The molecule has 0 saturated heterocycles. The van der Waals surface area contributed by atoms with Crippen LogP contribution >= 0.6 is 0 Å². The first-order chi connectivity index (χ1) is 7.78. The highest BCUT2D eigenvalue weighted by Crippen LogP contribution is 2.58. The molecule has 6 nitrogen and oxygen atoms in total. The van der Waals surface area contributed by atoms with E-state index in [1.165, 1.54) is 6.92 Å². The second-order valence-electron chi connectivity index (χ2n) is 4.89. The Morgan fingerprint density at radius 3 is 2.06 bits per heavy atom. The number of rotatable bonds is 5. The Hall–Kier alpha value is -1.59. The predicted octanol–water partition coefficient (Wildman–Crippen LogP) is -0.404. The fourth-order valence-corrected chi connectivity index (χ4v) is 2.12. The minimum Gasteiger partial charge on any atom is -0.481 e. The van der Waals surface area contributed by atoms with Crippen molar-refractivity contribution < 1.29 is 19.5 Å². The average Bonchev–Trinajstić information content (AvgIpc) is 2.76. The molecule has 17 heavy (non-hydrogen) atoms. The minimum absolute atomic E-state index is 0.158. The molecule has 1 rings (SSSR count). The van der Waals surface area contributed by atoms with E-state index >= 15 is 0 Å². The van der Waals surface area contributed by atoms with E-state index in [4.69, 9.17) is 5.11 Å².